The van der Waals surface area contributed by atoms with Gasteiger partial charge in [0.1, 0.15) is 11.4 Å². The number of aryl methyl sites for hydroxylation is 2. The van der Waals surface area contributed by atoms with E-state index >= 15 is 0 Å². The highest BCUT2D eigenvalue weighted by Gasteiger charge is 2.34. The second kappa shape index (κ2) is 8.51. The third-order valence-corrected chi connectivity index (χ3v) is 5.85. The SMILES string of the molecule is CCc1ccc(N2C(=O)C(=Cc3cc(C)n(-c4ccccc4F)c3C)C(=O)NC2=S)cc1. The predicted molar refractivity (Wildman–Crippen MR) is 127 cm³/mol. The summed E-state index contributed by atoms with van der Waals surface area (Å²) in [5.41, 5.74) is 4.23. The van der Waals surface area contributed by atoms with Gasteiger partial charge in [-0.15, -0.1) is 0 Å². The van der Waals surface area contributed by atoms with Crippen molar-refractivity contribution in [2.45, 2.75) is 27.2 Å². The molecule has 0 bridgehead atoms. The van der Waals surface area contributed by atoms with Gasteiger partial charge in [0.25, 0.3) is 11.8 Å². The van der Waals surface area contributed by atoms with Crippen molar-refractivity contribution >= 4 is 40.9 Å². The number of thiocarbonyl (C=S) groups is 1. The number of halogens is 1. The third-order valence-electron chi connectivity index (χ3n) is 5.57. The molecule has 2 amide bonds. The fraction of sp³-hybridized carbons (Fsp3) is 0.160. The van der Waals surface area contributed by atoms with Crippen LogP contribution >= 0.6 is 12.2 Å². The number of amides is 2. The normalized spacial score (nSPS) is 15.4. The first kappa shape index (κ1) is 21.6. The minimum atomic E-state index is -0.558. The van der Waals surface area contributed by atoms with E-state index in [-0.39, 0.29) is 16.5 Å². The minimum Gasteiger partial charge on any atom is -0.315 e. The summed E-state index contributed by atoms with van der Waals surface area (Å²) < 4.78 is 16.2. The van der Waals surface area contributed by atoms with E-state index in [9.17, 15) is 14.0 Å². The summed E-state index contributed by atoms with van der Waals surface area (Å²) in [5, 5.41) is 2.64. The highest BCUT2D eigenvalue weighted by atomic mass is 32.1. The molecular weight excluding hydrogens is 425 g/mol. The number of nitrogens with one attached hydrogen (secondary N) is 1. The van der Waals surface area contributed by atoms with Gasteiger partial charge in [-0.3, -0.25) is 19.8 Å². The van der Waals surface area contributed by atoms with Gasteiger partial charge in [-0.25, -0.2) is 4.39 Å². The number of para-hydroxylation sites is 1. The van der Waals surface area contributed by atoms with Crippen LogP contribution in [0.25, 0.3) is 11.8 Å². The number of benzene rings is 2. The molecule has 1 fully saturated rings. The molecule has 2 aromatic carbocycles. The summed E-state index contributed by atoms with van der Waals surface area (Å²) in [5.74, 6) is -1.41. The molecule has 3 aromatic rings. The number of anilines is 1. The van der Waals surface area contributed by atoms with E-state index in [1.165, 1.54) is 17.0 Å². The zero-order valence-electron chi connectivity index (χ0n) is 18.0. The maximum atomic E-state index is 14.4. The van der Waals surface area contributed by atoms with Crippen LogP contribution in [0.2, 0.25) is 0 Å². The zero-order chi connectivity index (χ0) is 23.0. The van der Waals surface area contributed by atoms with E-state index < -0.39 is 11.8 Å². The van der Waals surface area contributed by atoms with Crippen LogP contribution in [0.4, 0.5) is 10.1 Å². The largest absolute Gasteiger partial charge is 0.315 e. The average molecular weight is 448 g/mol. The fourth-order valence-corrected chi connectivity index (χ4v) is 4.15. The third kappa shape index (κ3) is 3.76. The smallest absolute Gasteiger partial charge is 0.270 e. The van der Waals surface area contributed by atoms with Crippen molar-refractivity contribution in [1.29, 1.82) is 0 Å². The van der Waals surface area contributed by atoms with Crippen LogP contribution in [-0.4, -0.2) is 21.5 Å². The van der Waals surface area contributed by atoms with Gasteiger partial charge in [-0.05, 0) is 80.0 Å². The Balaban J connectivity index is 1.75. The van der Waals surface area contributed by atoms with E-state index in [1.54, 1.807) is 22.8 Å². The van der Waals surface area contributed by atoms with Crippen molar-refractivity contribution in [2.24, 2.45) is 0 Å². The second-order valence-corrected chi connectivity index (χ2v) is 7.98. The zero-order valence-corrected chi connectivity index (χ0v) is 18.8. The molecule has 0 spiro atoms. The number of nitrogens with zero attached hydrogens (tertiary/aromatic N) is 2. The summed E-state index contributed by atoms with van der Waals surface area (Å²) in [6, 6.07) is 15.8. The first-order valence-corrected chi connectivity index (χ1v) is 10.7. The number of rotatable bonds is 4. The Hall–Kier alpha value is -3.58. The van der Waals surface area contributed by atoms with E-state index in [2.05, 4.69) is 5.32 Å². The summed E-state index contributed by atoms with van der Waals surface area (Å²) >= 11 is 5.27. The molecule has 5 nitrogen and oxygen atoms in total. The first-order valence-electron chi connectivity index (χ1n) is 10.3. The van der Waals surface area contributed by atoms with Gasteiger partial charge in [0.05, 0.1) is 11.4 Å². The van der Waals surface area contributed by atoms with Crippen molar-refractivity contribution < 1.29 is 14.0 Å². The summed E-state index contributed by atoms with van der Waals surface area (Å²) in [4.78, 5) is 27.2. The monoisotopic (exact) mass is 447 g/mol. The topological polar surface area (TPSA) is 54.3 Å². The first-order chi connectivity index (χ1) is 15.3. The van der Waals surface area contributed by atoms with Crippen molar-refractivity contribution in [1.82, 2.24) is 9.88 Å². The number of aromatic nitrogens is 1. The molecule has 162 valence electrons. The standard InChI is InChI=1S/C25H22FN3O2S/c1-4-17-9-11-19(12-10-17)29-24(31)20(23(30)27-25(29)32)14-18-13-15(2)28(16(18)3)22-8-6-5-7-21(22)26/h5-14H,4H2,1-3H3,(H,27,30,32). The second-order valence-electron chi connectivity index (χ2n) is 7.59. The van der Waals surface area contributed by atoms with Crippen LogP contribution in [0.1, 0.15) is 29.4 Å². The molecule has 0 aliphatic carbocycles. The van der Waals surface area contributed by atoms with Gasteiger partial charge in [0, 0.05) is 11.4 Å². The molecule has 1 N–H and O–H groups in total. The molecule has 1 aromatic heterocycles. The lowest BCUT2D eigenvalue weighted by Crippen LogP contribution is -2.54. The molecular formula is C25H22FN3O2S. The Labute approximate surface area is 191 Å². The van der Waals surface area contributed by atoms with Gasteiger partial charge in [-0.1, -0.05) is 31.2 Å². The molecule has 7 heteroatoms. The average Bonchev–Trinajstić information content (AvgIpc) is 3.04. The van der Waals surface area contributed by atoms with Crippen molar-refractivity contribution in [3.8, 4) is 5.69 Å². The number of carbonyl (C=O) groups excluding carboxylic acids is 2. The Morgan fingerprint density at radius 2 is 1.75 bits per heavy atom. The van der Waals surface area contributed by atoms with Crippen molar-refractivity contribution in [3.05, 3.63) is 88.5 Å². The maximum absolute atomic E-state index is 14.4. The van der Waals surface area contributed by atoms with Crippen LogP contribution in [0.15, 0.2) is 60.2 Å². The highest BCUT2D eigenvalue weighted by molar-refractivity contribution is 7.80. The Bertz CT molecular complexity index is 1270. The van der Waals surface area contributed by atoms with Crippen LogP contribution in [-0.2, 0) is 16.0 Å². The minimum absolute atomic E-state index is 0.0352. The molecule has 0 saturated carbocycles. The predicted octanol–water partition coefficient (Wildman–Crippen LogP) is 4.63. The van der Waals surface area contributed by atoms with Gasteiger partial charge >= 0.3 is 0 Å². The molecule has 4 rings (SSSR count). The molecule has 2 heterocycles. The number of hydrogen-bond acceptors (Lipinski definition) is 3. The lowest BCUT2D eigenvalue weighted by molar-refractivity contribution is -0.122. The van der Waals surface area contributed by atoms with Gasteiger partial charge < -0.3 is 4.57 Å². The Morgan fingerprint density at radius 1 is 1.06 bits per heavy atom. The van der Waals surface area contributed by atoms with Gasteiger partial charge in [-0.2, -0.15) is 0 Å². The molecule has 1 aliphatic heterocycles. The lowest BCUT2D eigenvalue weighted by atomic mass is 10.1. The van der Waals surface area contributed by atoms with Gasteiger partial charge in [0.15, 0.2) is 5.11 Å². The summed E-state index contributed by atoms with van der Waals surface area (Å²) in [6.07, 6.45) is 2.41. The number of hydrogen-bond donors (Lipinski definition) is 1. The van der Waals surface area contributed by atoms with Gasteiger partial charge in [0.2, 0.25) is 0 Å². The summed E-state index contributed by atoms with van der Waals surface area (Å²) in [6.45, 7) is 5.72. The Morgan fingerprint density at radius 3 is 2.41 bits per heavy atom. The van der Waals surface area contributed by atoms with Crippen LogP contribution in [0.5, 0.6) is 0 Å². The fourth-order valence-electron chi connectivity index (χ4n) is 3.87. The van der Waals surface area contributed by atoms with E-state index in [0.29, 0.717) is 22.6 Å². The van der Waals surface area contributed by atoms with E-state index in [4.69, 9.17) is 12.2 Å². The maximum Gasteiger partial charge on any atom is 0.270 e. The Kier molecular flexibility index (Phi) is 5.76. The quantitative estimate of drug-likeness (QED) is 0.361. The molecule has 0 unspecified atom stereocenters. The highest BCUT2D eigenvalue weighted by Crippen LogP contribution is 2.27. The van der Waals surface area contributed by atoms with E-state index in [0.717, 1.165) is 17.7 Å². The lowest BCUT2D eigenvalue weighted by Gasteiger charge is -2.29. The van der Waals surface area contributed by atoms with Crippen LogP contribution < -0.4 is 10.2 Å². The van der Waals surface area contributed by atoms with Crippen molar-refractivity contribution in [3.63, 3.8) is 0 Å². The van der Waals surface area contributed by atoms with Crippen LogP contribution in [0.3, 0.4) is 0 Å². The molecule has 0 radical (unpaired) electrons. The van der Waals surface area contributed by atoms with Crippen molar-refractivity contribution in [2.75, 3.05) is 4.90 Å². The number of carbonyl (C=O) groups is 2. The summed E-state index contributed by atoms with van der Waals surface area (Å²) in [7, 11) is 0. The van der Waals surface area contributed by atoms with Crippen LogP contribution in [0, 0.1) is 19.7 Å². The van der Waals surface area contributed by atoms with E-state index in [1.807, 2.05) is 51.1 Å². The molecule has 1 saturated heterocycles. The molecule has 0 atom stereocenters. The molecule has 1 aliphatic rings. The molecule has 32 heavy (non-hydrogen) atoms.